The lowest BCUT2D eigenvalue weighted by Gasteiger charge is -2.35. The van der Waals surface area contributed by atoms with Crippen LogP contribution in [0.25, 0.3) is 0 Å². The molecule has 0 aromatic rings. The maximum atomic E-state index is 2.36. The number of rotatable bonds is 2. The lowest BCUT2D eigenvalue weighted by atomic mass is 9.69. The minimum Gasteiger partial charge on any atom is -0.0803 e. The first-order valence-corrected chi connectivity index (χ1v) is 4.94. The molecule has 0 aromatic heterocycles. The van der Waals surface area contributed by atoms with Gasteiger partial charge in [-0.2, -0.15) is 0 Å². The van der Waals surface area contributed by atoms with Gasteiger partial charge in [-0.15, -0.1) is 0 Å². The van der Waals surface area contributed by atoms with Crippen molar-refractivity contribution in [1.82, 2.24) is 0 Å². The van der Waals surface area contributed by atoms with Crippen molar-refractivity contribution in [3.05, 3.63) is 24.3 Å². The van der Waals surface area contributed by atoms with Crippen molar-refractivity contribution >= 4 is 0 Å². The summed E-state index contributed by atoms with van der Waals surface area (Å²) < 4.78 is 0. The summed E-state index contributed by atoms with van der Waals surface area (Å²) in [6.07, 6.45) is 10.3. The first-order chi connectivity index (χ1) is 5.58. The van der Waals surface area contributed by atoms with E-state index in [9.17, 15) is 0 Å². The zero-order valence-electron chi connectivity index (χ0n) is 8.67. The van der Waals surface area contributed by atoms with E-state index < -0.39 is 0 Å². The van der Waals surface area contributed by atoms with Gasteiger partial charge in [-0.25, -0.2) is 0 Å². The van der Waals surface area contributed by atoms with Gasteiger partial charge < -0.3 is 0 Å². The molecule has 0 bridgehead atoms. The van der Waals surface area contributed by atoms with E-state index in [4.69, 9.17) is 0 Å². The van der Waals surface area contributed by atoms with E-state index in [1.807, 2.05) is 0 Å². The van der Waals surface area contributed by atoms with Gasteiger partial charge in [0.25, 0.3) is 0 Å². The smallest absolute Gasteiger partial charge is 0.0106 e. The molecule has 12 heavy (non-hydrogen) atoms. The van der Waals surface area contributed by atoms with Gasteiger partial charge in [-0.3, -0.25) is 0 Å². The number of hydrogen-bond acceptors (Lipinski definition) is 0. The van der Waals surface area contributed by atoms with Crippen LogP contribution in [0.5, 0.6) is 0 Å². The van der Waals surface area contributed by atoms with E-state index in [1.165, 1.54) is 6.42 Å². The standard InChI is InChI=1S/C12H20/c1-5-10(2)11-8-6-7-9-12(11,3)4/h6-11H,5H2,1-4H3. The van der Waals surface area contributed by atoms with Crippen LogP contribution in [0.4, 0.5) is 0 Å². The highest BCUT2D eigenvalue weighted by Gasteiger charge is 2.29. The maximum absolute atomic E-state index is 2.36. The van der Waals surface area contributed by atoms with Gasteiger partial charge in [-0.1, -0.05) is 58.4 Å². The average Bonchev–Trinajstić information content (AvgIpc) is 2.02. The third-order valence-electron chi connectivity index (χ3n) is 3.07. The van der Waals surface area contributed by atoms with Crippen molar-refractivity contribution in [2.24, 2.45) is 17.3 Å². The molecule has 1 rings (SSSR count). The molecule has 2 atom stereocenters. The van der Waals surface area contributed by atoms with Gasteiger partial charge in [-0.05, 0) is 17.3 Å². The van der Waals surface area contributed by atoms with Crippen molar-refractivity contribution in [3.8, 4) is 0 Å². The average molecular weight is 164 g/mol. The second-order valence-electron chi connectivity index (χ2n) is 4.48. The van der Waals surface area contributed by atoms with Crippen LogP contribution < -0.4 is 0 Å². The summed E-state index contributed by atoms with van der Waals surface area (Å²) in [5.74, 6) is 1.51. The third kappa shape index (κ3) is 1.80. The molecular weight excluding hydrogens is 144 g/mol. The van der Waals surface area contributed by atoms with Crippen LogP contribution in [0.3, 0.4) is 0 Å². The van der Waals surface area contributed by atoms with Gasteiger partial charge in [0, 0.05) is 0 Å². The Bertz CT molecular complexity index is 196. The first kappa shape index (κ1) is 9.57. The SMILES string of the molecule is CCC(C)C1C=CC=CC1(C)C. The van der Waals surface area contributed by atoms with Gasteiger partial charge in [0.2, 0.25) is 0 Å². The van der Waals surface area contributed by atoms with Gasteiger partial charge in [0.15, 0.2) is 0 Å². The summed E-state index contributed by atoms with van der Waals surface area (Å²) >= 11 is 0. The van der Waals surface area contributed by atoms with Crippen molar-refractivity contribution in [2.75, 3.05) is 0 Å². The summed E-state index contributed by atoms with van der Waals surface area (Å²) in [5, 5.41) is 0. The summed E-state index contributed by atoms with van der Waals surface area (Å²) in [7, 11) is 0. The molecule has 0 nitrogen and oxygen atoms in total. The molecule has 0 saturated carbocycles. The normalized spacial score (nSPS) is 28.8. The lowest BCUT2D eigenvalue weighted by Crippen LogP contribution is -2.27. The van der Waals surface area contributed by atoms with Crippen LogP contribution >= 0.6 is 0 Å². The second-order valence-corrected chi connectivity index (χ2v) is 4.48. The molecule has 0 aromatic carbocycles. The molecule has 0 aliphatic heterocycles. The topological polar surface area (TPSA) is 0 Å². The molecule has 2 unspecified atom stereocenters. The largest absolute Gasteiger partial charge is 0.0803 e. The molecule has 0 spiro atoms. The predicted octanol–water partition coefficient (Wildman–Crippen LogP) is 3.80. The molecule has 0 heterocycles. The Morgan fingerprint density at radius 3 is 2.50 bits per heavy atom. The fourth-order valence-electron chi connectivity index (χ4n) is 2.02. The van der Waals surface area contributed by atoms with Crippen molar-refractivity contribution in [2.45, 2.75) is 34.1 Å². The summed E-state index contributed by atoms with van der Waals surface area (Å²) in [6, 6.07) is 0. The number of hydrogen-bond donors (Lipinski definition) is 0. The molecule has 0 N–H and O–H groups in total. The van der Waals surface area contributed by atoms with E-state index in [0.717, 1.165) is 5.92 Å². The summed E-state index contributed by atoms with van der Waals surface area (Å²) in [5.41, 5.74) is 0.351. The zero-order valence-corrected chi connectivity index (χ0v) is 8.67. The molecule has 0 amide bonds. The summed E-state index contributed by atoms with van der Waals surface area (Å²) in [6.45, 7) is 9.26. The quantitative estimate of drug-likeness (QED) is 0.582. The molecule has 0 saturated heterocycles. The van der Waals surface area contributed by atoms with Crippen LogP contribution in [0.2, 0.25) is 0 Å². The monoisotopic (exact) mass is 164 g/mol. The Hall–Kier alpha value is -0.520. The predicted molar refractivity (Wildman–Crippen MR) is 55.0 cm³/mol. The van der Waals surface area contributed by atoms with E-state index in [0.29, 0.717) is 11.3 Å². The van der Waals surface area contributed by atoms with Crippen LogP contribution in [0, 0.1) is 17.3 Å². The van der Waals surface area contributed by atoms with E-state index in [1.54, 1.807) is 0 Å². The number of allylic oxidation sites excluding steroid dienone is 4. The van der Waals surface area contributed by atoms with E-state index >= 15 is 0 Å². The molecule has 68 valence electrons. The van der Waals surface area contributed by atoms with Crippen LogP contribution in [0.15, 0.2) is 24.3 Å². The Balaban J connectivity index is 2.76. The fourth-order valence-corrected chi connectivity index (χ4v) is 2.02. The molecule has 1 aliphatic rings. The highest BCUT2D eigenvalue weighted by atomic mass is 14.3. The van der Waals surface area contributed by atoms with Crippen LogP contribution in [-0.4, -0.2) is 0 Å². The molecule has 0 radical (unpaired) electrons. The van der Waals surface area contributed by atoms with Crippen molar-refractivity contribution in [1.29, 1.82) is 0 Å². The van der Waals surface area contributed by atoms with Crippen LogP contribution in [0.1, 0.15) is 34.1 Å². The molecule has 1 aliphatic carbocycles. The summed E-state index contributed by atoms with van der Waals surface area (Å²) in [4.78, 5) is 0. The zero-order chi connectivity index (χ0) is 9.19. The Labute approximate surface area is 76.4 Å². The Morgan fingerprint density at radius 1 is 1.33 bits per heavy atom. The maximum Gasteiger partial charge on any atom is -0.0106 e. The Morgan fingerprint density at radius 2 is 2.00 bits per heavy atom. The van der Waals surface area contributed by atoms with Gasteiger partial charge >= 0.3 is 0 Å². The third-order valence-corrected chi connectivity index (χ3v) is 3.07. The second kappa shape index (κ2) is 3.47. The van der Waals surface area contributed by atoms with Crippen molar-refractivity contribution < 1.29 is 0 Å². The lowest BCUT2D eigenvalue weighted by molar-refractivity contribution is 0.245. The van der Waals surface area contributed by atoms with E-state index in [2.05, 4.69) is 52.0 Å². The molecule has 0 heteroatoms. The minimum absolute atomic E-state index is 0.351. The van der Waals surface area contributed by atoms with E-state index in [-0.39, 0.29) is 0 Å². The molecular formula is C12H20. The highest BCUT2D eigenvalue weighted by Crippen LogP contribution is 2.38. The van der Waals surface area contributed by atoms with Crippen molar-refractivity contribution in [3.63, 3.8) is 0 Å². The molecule has 0 fully saturated rings. The first-order valence-electron chi connectivity index (χ1n) is 4.94. The Kier molecular flexibility index (Phi) is 2.76. The fraction of sp³-hybridized carbons (Fsp3) is 0.667. The highest BCUT2D eigenvalue weighted by molar-refractivity contribution is 5.18. The minimum atomic E-state index is 0.351. The van der Waals surface area contributed by atoms with Gasteiger partial charge in [0.05, 0.1) is 0 Å². The van der Waals surface area contributed by atoms with Crippen LogP contribution in [-0.2, 0) is 0 Å². The van der Waals surface area contributed by atoms with Gasteiger partial charge in [0.1, 0.15) is 0 Å².